The molecule has 0 aliphatic carbocycles. The summed E-state index contributed by atoms with van der Waals surface area (Å²) in [6.07, 6.45) is 0.405. The molecule has 0 aliphatic rings. The second kappa shape index (κ2) is 5.28. The van der Waals surface area contributed by atoms with Gasteiger partial charge in [-0.15, -0.1) is 0 Å². The zero-order valence-corrected chi connectivity index (χ0v) is 8.91. The third-order valence-corrected chi connectivity index (χ3v) is 3.65. The smallest absolute Gasteiger partial charge is 0.323 e. The van der Waals surface area contributed by atoms with Gasteiger partial charge in [-0.2, -0.15) is 0 Å². The van der Waals surface area contributed by atoms with E-state index in [4.69, 9.17) is 10.2 Å². The van der Waals surface area contributed by atoms with E-state index in [2.05, 4.69) is 4.72 Å². The second-order valence-electron chi connectivity index (χ2n) is 2.93. The van der Waals surface area contributed by atoms with Gasteiger partial charge in [0.1, 0.15) is 0 Å². The van der Waals surface area contributed by atoms with Crippen molar-refractivity contribution in [3.63, 3.8) is 0 Å². The topological polar surface area (TPSA) is 104 Å². The van der Waals surface area contributed by atoms with E-state index < -0.39 is 27.3 Å². The Morgan fingerprint density at radius 2 is 2.00 bits per heavy atom. The van der Waals surface area contributed by atoms with Crippen LogP contribution in [0.2, 0.25) is 0 Å². The Morgan fingerprint density at radius 3 is 2.29 bits per heavy atom. The highest BCUT2D eigenvalue weighted by atomic mass is 32.2. The molecule has 0 aromatic rings. The molecule has 0 rings (SSSR count). The number of aliphatic carboxylic acids is 1. The second-order valence-corrected chi connectivity index (χ2v) is 4.96. The molecule has 0 aromatic carbocycles. The first kappa shape index (κ1) is 13.3. The van der Waals surface area contributed by atoms with Gasteiger partial charge in [-0.1, -0.05) is 6.92 Å². The molecular formula is C7H15NO5S. The number of rotatable bonds is 6. The molecule has 6 nitrogen and oxygen atoms in total. The first-order chi connectivity index (χ1) is 6.35. The zero-order valence-electron chi connectivity index (χ0n) is 8.10. The van der Waals surface area contributed by atoms with E-state index in [1.54, 1.807) is 6.92 Å². The summed E-state index contributed by atoms with van der Waals surface area (Å²) in [5.74, 6) is -1.41. The van der Waals surface area contributed by atoms with Gasteiger partial charge in [0.25, 0.3) is 0 Å². The van der Waals surface area contributed by atoms with Crippen LogP contribution in [0.15, 0.2) is 0 Å². The largest absolute Gasteiger partial charge is 0.480 e. The van der Waals surface area contributed by atoms with Crippen LogP contribution >= 0.6 is 0 Å². The number of aliphatic hydroxyl groups excluding tert-OH is 1. The van der Waals surface area contributed by atoms with Crippen LogP contribution in [0.25, 0.3) is 0 Å². The van der Waals surface area contributed by atoms with E-state index in [1.807, 2.05) is 0 Å². The molecule has 14 heavy (non-hydrogen) atoms. The predicted molar refractivity (Wildman–Crippen MR) is 50.3 cm³/mol. The number of carboxylic acids is 1. The molecule has 0 amide bonds. The molecule has 7 heteroatoms. The maximum Gasteiger partial charge on any atom is 0.323 e. The van der Waals surface area contributed by atoms with Gasteiger partial charge < -0.3 is 10.2 Å². The number of carboxylic acid groups (broad SMARTS) is 1. The normalized spacial score (nSPS) is 16.2. The highest BCUT2D eigenvalue weighted by molar-refractivity contribution is 7.90. The van der Waals surface area contributed by atoms with E-state index in [1.165, 1.54) is 0 Å². The summed E-state index contributed by atoms with van der Waals surface area (Å²) in [5, 5.41) is 15.7. The Bertz CT molecular complexity index is 282. The Hall–Kier alpha value is -0.660. The van der Waals surface area contributed by atoms with E-state index in [9.17, 15) is 13.2 Å². The first-order valence-corrected chi connectivity index (χ1v) is 5.74. The lowest BCUT2D eigenvalue weighted by Crippen LogP contribution is -2.44. The van der Waals surface area contributed by atoms with Crippen molar-refractivity contribution in [3.05, 3.63) is 0 Å². The van der Waals surface area contributed by atoms with Gasteiger partial charge in [-0.05, 0) is 13.3 Å². The minimum absolute atomic E-state index is 0.345. The molecule has 0 radical (unpaired) electrons. The van der Waals surface area contributed by atoms with Crippen molar-refractivity contribution >= 4 is 16.0 Å². The van der Waals surface area contributed by atoms with Crippen LogP contribution < -0.4 is 4.72 Å². The standard InChI is InChI=1S/C7H15NO5S/c1-3-6(4-9)8-14(12,13)5(2)7(10)11/h5-6,8-9H,3-4H2,1-2H3,(H,10,11)/t5?,6-/m1/s1. The zero-order chi connectivity index (χ0) is 11.4. The summed E-state index contributed by atoms with van der Waals surface area (Å²) in [5.41, 5.74) is 0. The van der Waals surface area contributed by atoms with E-state index in [-0.39, 0.29) is 6.61 Å². The third kappa shape index (κ3) is 3.60. The summed E-state index contributed by atoms with van der Waals surface area (Å²) < 4.78 is 24.7. The lowest BCUT2D eigenvalue weighted by Gasteiger charge is -2.16. The van der Waals surface area contributed by atoms with Crippen LogP contribution in [-0.4, -0.2) is 42.5 Å². The first-order valence-electron chi connectivity index (χ1n) is 4.20. The number of nitrogens with one attached hydrogen (secondary N) is 1. The molecule has 0 saturated heterocycles. The Kier molecular flexibility index (Phi) is 5.03. The van der Waals surface area contributed by atoms with Crippen LogP contribution in [0.4, 0.5) is 0 Å². The molecule has 0 fully saturated rings. The lowest BCUT2D eigenvalue weighted by atomic mass is 10.3. The third-order valence-electron chi connectivity index (χ3n) is 1.86. The van der Waals surface area contributed by atoms with Gasteiger partial charge in [-0.3, -0.25) is 4.79 Å². The molecular weight excluding hydrogens is 210 g/mol. The van der Waals surface area contributed by atoms with Crippen LogP contribution in [0, 0.1) is 0 Å². The van der Waals surface area contributed by atoms with E-state index in [0.717, 1.165) is 6.92 Å². The van der Waals surface area contributed by atoms with Crippen molar-refractivity contribution in [2.75, 3.05) is 6.61 Å². The highest BCUT2D eigenvalue weighted by Crippen LogP contribution is 2.01. The minimum atomic E-state index is -3.89. The van der Waals surface area contributed by atoms with Crippen molar-refractivity contribution in [2.24, 2.45) is 0 Å². The van der Waals surface area contributed by atoms with Crippen LogP contribution in [0.5, 0.6) is 0 Å². The fraction of sp³-hybridized carbons (Fsp3) is 0.857. The fourth-order valence-corrected chi connectivity index (χ4v) is 1.89. The summed E-state index contributed by atoms with van der Waals surface area (Å²) >= 11 is 0. The molecule has 0 heterocycles. The van der Waals surface area contributed by atoms with Crippen LogP contribution in [-0.2, 0) is 14.8 Å². The molecule has 0 aliphatic heterocycles. The Balaban J connectivity index is 4.56. The monoisotopic (exact) mass is 225 g/mol. The molecule has 2 atom stereocenters. The summed E-state index contributed by atoms with van der Waals surface area (Å²) in [6.45, 7) is 2.42. The molecule has 1 unspecified atom stereocenters. The van der Waals surface area contributed by atoms with Crippen molar-refractivity contribution in [3.8, 4) is 0 Å². The lowest BCUT2D eigenvalue weighted by molar-refractivity contribution is -0.136. The number of hydrogen-bond donors (Lipinski definition) is 3. The quantitative estimate of drug-likeness (QED) is 0.546. The maximum atomic E-state index is 11.3. The van der Waals surface area contributed by atoms with Gasteiger partial charge in [0, 0.05) is 6.04 Å². The molecule has 0 spiro atoms. The molecule has 0 aromatic heterocycles. The van der Waals surface area contributed by atoms with Gasteiger partial charge in [0.05, 0.1) is 6.61 Å². The fourth-order valence-electron chi connectivity index (χ4n) is 0.717. The molecule has 0 bridgehead atoms. The average molecular weight is 225 g/mol. The van der Waals surface area contributed by atoms with Gasteiger partial charge >= 0.3 is 5.97 Å². The van der Waals surface area contributed by atoms with Crippen LogP contribution in [0.1, 0.15) is 20.3 Å². The molecule has 0 saturated carbocycles. The number of hydrogen-bond acceptors (Lipinski definition) is 4. The van der Waals surface area contributed by atoms with Crippen molar-refractivity contribution < 1.29 is 23.4 Å². The van der Waals surface area contributed by atoms with Crippen molar-refractivity contribution in [1.82, 2.24) is 4.72 Å². The molecule has 3 N–H and O–H groups in total. The number of sulfonamides is 1. The number of carbonyl (C=O) groups is 1. The van der Waals surface area contributed by atoms with Crippen molar-refractivity contribution in [2.45, 2.75) is 31.6 Å². The highest BCUT2D eigenvalue weighted by Gasteiger charge is 2.29. The Morgan fingerprint density at radius 1 is 1.50 bits per heavy atom. The predicted octanol–water partition coefficient (Wildman–Crippen LogP) is -0.850. The maximum absolute atomic E-state index is 11.3. The SMILES string of the molecule is CC[C@H](CO)NS(=O)(=O)C(C)C(=O)O. The van der Waals surface area contributed by atoms with Crippen molar-refractivity contribution in [1.29, 1.82) is 0 Å². The minimum Gasteiger partial charge on any atom is -0.480 e. The Labute approximate surface area is 83.0 Å². The number of aliphatic hydroxyl groups is 1. The summed E-state index contributed by atoms with van der Waals surface area (Å²) in [6, 6.07) is -0.623. The summed E-state index contributed by atoms with van der Waals surface area (Å²) in [4.78, 5) is 10.4. The van der Waals surface area contributed by atoms with E-state index >= 15 is 0 Å². The van der Waals surface area contributed by atoms with E-state index in [0.29, 0.717) is 6.42 Å². The van der Waals surface area contributed by atoms with Crippen LogP contribution in [0.3, 0.4) is 0 Å². The average Bonchev–Trinajstić information content (AvgIpc) is 2.12. The van der Waals surface area contributed by atoms with Gasteiger partial charge in [-0.25, -0.2) is 13.1 Å². The molecule has 84 valence electrons. The van der Waals surface area contributed by atoms with Gasteiger partial charge in [0.15, 0.2) is 5.25 Å². The van der Waals surface area contributed by atoms with Gasteiger partial charge in [0.2, 0.25) is 10.0 Å². The summed E-state index contributed by atoms with van der Waals surface area (Å²) in [7, 11) is -3.89.